The number of fused-ring (bicyclic) bond motifs is 1. The Labute approximate surface area is 186 Å². The van der Waals surface area contributed by atoms with Gasteiger partial charge in [0.15, 0.2) is 0 Å². The molecular formula is C23H31N3O6. The quantitative estimate of drug-likeness (QED) is 0.353. The Morgan fingerprint density at radius 1 is 1.28 bits per heavy atom. The zero-order chi connectivity index (χ0) is 23.1. The molecule has 0 aliphatic heterocycles. The lowest BCUT2D eigenvalue weighted by molar-refractivity contribution is -0.148. The second kappa shape index (κ2) is 11.1. The number of unbranched alkanes of at least 4 members (excludes halogenated alkanes) is 2. The average molecular weight is 446 g/mol. The van der Waals surface area contributed by atoms with Crippen molar-refractivity contribution in [1.29, 1.82) is 0 Å². The Morgan fingerprint density at radius 2 is 2.03 bits per heavy atom. The van der Waals surface area contributed by atoms with Gasteiger partial charge in [0.05, 0.1) is 11.8 Å². The van der Waals surface area contributed by atoms with Gasteiger partial charge in [0.2, 0.25) is 5.71 Å². The van der Waals surface area contributed by atoms with E-state index < -0.39 is 11.2 Å². The minimum Gasteiger partial charge on any atom is -0.463 e. The Hall–Kier alpha value is -2.97. The molecule has 1 aliphatic carbocycles. The third-order valence-electron chi connectivity index (χ3n) is 5.49. The van der Waals surface area contributed by atoms with E-state index in [1.165, 1.54) is 6.07 Å². The Balaban J connectivity index is 1.66. The number of aromatic nitrogens is 2. The lowest BCUT2D eigenvalue weighted by Crippen LogP contribution is -2.20. The van der Waals surface area contributed by atoms with E-state index in [0.29, 0.717) is 31.2 Å². The lowest BCUT2D eigenvalue weighted by Gasteiger charge is -2.22. The molecule has 0 spiro atoms. The predicted octanol–water partition coefficient (Wildman–Crippen LogP) is 3.88. The summed E-state index contributed by atoms with van der Waals surface area (Å²) in [5.41, 5.74) is 0.443. The average Bonchev–Trinajstić information content (AvgIpc) is 2.72. The number of aryl methyl sites for hydroxylation is 1. The zero-order valence-electron chi connectivity index (χ0n) is 18.9. The molecule has 3 rings (SSSR count). The van der Waals surface area contributed by atoms with Crippen LogP contribution >= 0.6 is 0 Å². The first-order valence-corrected chi connectivity index (χ1v) is 11.3. The molecule has 0 saturated heterocycles. The van der Waals surface area contributed by atoms with Gasteiger partial charge in [-0.25, -0.2) is 4.79 Å². The van der Waals surface area contributed by atoms with Crippen LogP contribution < -0.4 is 16.0 Å². The molecule has 0 amide bonds. The number of aromatic amines is 1. The number of esters is 1. The molecule has 0 radical (unpaired) electrons. The molecule has 2 heterocycles. The van der Waals surface area contributed by atoms with Crippen molar-refractivity contribution in [2.45, 2.75) is 84.7 Å². The molecular weight excluding hydrogens is 414 g/mol. The topological polar surface area (TPSA) is 124 Å². The van der Waals surface area contributed by atoms with Gasteiger partial charge in [0.25, 0.3) is 5.56 Å². The molecule has 2 aromatic heterocycles. The Morgan fingerprint density at radius 3 is 2.72 bits per heavy atom. The van der Waals surface area contributed by atoms with Gasteiger partial charge in [-0.1, -0.05) is 24.9 Å². The minimum atomic E-state index is -0.548. The van der Waals surface area contributed by atoms with Gasteiger partial charge in [-0.2, -0.15) is 4.98 Å². The summed E-state index contributed by atoms with van der Waals surface area (Å²) in [7, 11) is 0. The maximum Gasteiger partial charge on any atom is 0.337 e. The summed E-state index contributed by atoms with van der Waals surface area (Å²) in [5.74, 6) is 0.0920. The van der Waals surface area contributed by atoms with E-state index in [2.05, 4.69) is 22.0 Å². The number of hydrogen-bond acceptors (Lipinski definition) is 8. The van der Waals surface area contributed by atoms with Crippen LogP contribution in [0.25, 0.3) is 11.1 Å². The van der Waals surface area contributed by atoms with Crippen molar-refractivity contribution >= 4 is 22.8 Å². The van der Waals surface area contributed by atoms with Gasteiger partial charge in [-0.15, -0.1) is 0 Å². The number of ether oxygens (including phenoxy) is 1. The van der Waals surface area contributed by atoms with E-state index in [1.54, 1.807) is 0 Å². The van der Waals surface area contributed by atoms with Crippen molar-refractivity contribution in [3.05, 3.63) is 32.4 Å². The first-order valence-electron chi connectivity index (χ1n) is 11.3. The molecule has 1 saturated carbocycles. The SMILES string of the molecule is CCCCCc1cc(=O)oc2nc(ON=C3CCC(CC(=O)OC(C)C)CC3)[nH]c(=O)c12. The summed E-state index contributed by atoms with van der Waals surface area (Å²) in [4.78, 5) is 48.4. The summed E-state index contributed by atoms with van der Waals surface area (Å²) in [6.45, 7) is 5.76. The highest BCUT2D eigenvalue weighted by Gasteiger charge is 2.22. The van der Waals surface area contributed by atoms with Gasteiger partial charge < -0.3 is 14.0 Å². The van der Waals surface area contributed by atoms with Crippen molar-refractivity contribution in [3.8, 4) is 6.01 Å². The number of carbonyl (C=O) groups excluding carboxylic acids is 1. The third-order valence-corrected chi connectivity index (χ3v) is 5.49. The summed E-state index contributed by atoms with van der Waals surface area (Å²) in [5, 5.41) is 4.39. The number of nitrogens with one attached hydrogen (secondary N) is 1. The van der Waals surface area contributed by atoms with E-state index in [9.17, 15) is 14.4 Å². The molecule has 1 aliphatic rings. The summed E-state index contributed by atoms with van der Waals surface area (Å²) in [6.07, 6.45) is 6.82. The van der Waals surface area contributed by atoms with Crippen molar-refractivity contribution in [2.24, 2.45) is 11.1 Å². The maximum atomic E-state index is 12.6. The number of oxime groups is 1. The van der Waals surface area contributed by atoms with Crippen LogP contribution in [0.2, 0.25) is 0 Å². The highest BCUT2D eigenvalue weighted by Crippen LogP contribution is 2.26. The Bertz CT molecular complexity index is 1080. The molecule has 9 nitrogen and oxygen atoms in total. The van der Waals surface area contributed by atoms with Gasteiger partial charge in [0.1, 0.15) is 5.39 Å². The molecule has 0 aromatic carbocycles. The minimum absolute atomic E-state index is 0.0460. The highest BCUT2D eigenvalue weighted by molar-refractivity contribution is 5.85. The van der Waals surface area contributed by atoms with Crippen molar-refractivity contribution in [1.82, 2.24) is 9.97 Å². The standard InChI is InChI=1S/C23H31N3O6/c1-4-5-6-7-16-13-19(28)31-22-20(16)21(29)24-23(25-22)32-26-17-10-8-15(9-11-17)12-18(27)30-14(2)3/h13-15H,4-12H2,1-3H3,(H,24,25,29). The molecule has 2 aromatic rings. The van der Waals surface area contributed by atoms with Crippen LogP contribution in [-0.4, -0.2) is 27.8 Å². The predicted molar refractivity (Wildman–Crippen MR) is 120 cm³/mol. The molecule has 1 fully saturated rings. The van der Waals surface area contributed by atoms with E-state index in [-0.39, 0.29) is 35.1 Å². The van der Waals surface area contributed by atoms with Crippen LogP contribution in [-0.2, 0) is 16.0 Å². The summed E-state index contributed by atoms with van der Waals surface area (Å²) in [6, 6.07) is 1.23. The number of carbonyl (C=O) groups is 1. The molecule has 0 atom stereocenters. The second-order valence-corrected chi connectivity index (χ2v) is 8.53. The van der Waals surface area contributed by atoms with Gasteiger partial charge in [0, 0.05) is 12.5 Å². The molecule has 0 unspecified atom stereocenters. The first-order chi connectivity index (χ1) is 15.4. The van der Waals surface area contributed by atoms with E-state index in [4.69, 9.17) is 14.0 Å². The molecule has 9 heteroatoms. The van der Waals surface area contributed by atoms with Gasteiger partial charge >= 0.3 is 17.6 Å². The fourth-order valence-electron chi connectivity index (χ4n) is 3.90. The van der Waals surface area contributed by atoms with Crippen LogP contribution in [0.5, 0.6) is 6.01 Å². The van der Waals surface area contributed by atoms with E-state index >= 15 is 0 Å². The zero-order valence-corrected chi connectivity index (χ0v) is 18.9. The van der Waals surface area contributed by atoms with Crippen LogP contribution in [0.3, 0.4) is 0 Å². The largest absolute Gasteiger partial charge is 0.463 e. The van der Waals surface area contributed by atoms with E-state index in [1.807, 2.05) is 13.8 Å². The van der Waals surface area contributed by atoms with Crippen LogP contribution in [0.15, 0.2) is 25.2 Å². The fraction of sp³-hybridized carbons (Fsp3) is 0.609. The summed E-state index contributed by atoms with van der Waals surface area (Å²) < 4.78 is 10.3. The molecule has 32 heavy (non-hydrogen) atoms. The van der Waals surface area contributed by atoms with Crippen molar-refractivity contribution < 1.29 is 18.8 Å². The lowest BCUT2D eigenvalue weighted by atomic mass is 9.86. The van der Waals surface area contributed by atoms with Crippen LogP contribution in [0, 0.1) is 5.92 Å². The monoisotopic (exact) mass is 445 g/mol. The van der Waals surface area contributed by atoms with Crippen molar-refractivity contribution in [2.75, 3.05) is 0 Å². The van der Waals surface area contributed by atoms with Crippen LogP contribution in [0.4, 0.5) is 0 Å². The number of rotatable bonds is 9. The summed E-state index contributed by atoms with van der Waals surface area (Å²) >= 11 is 0. The fourth-order valence-corrected chi connectivity index (χ4v) is 3.90. The maximum absolute atomic E-state index is 12.6. The van der Waals surface area contributed by atoms with Gasteiger partial charge in [-0.05, 0) is 63.9 Å². The smallest absolute Gasteiger partial charge is 0.337 e. The van der Waals surface area contributed by atoms with Crippen molar-refractivity contribution in [3.63, 3.8) is 0 Å². The molecule has 174 valence electrons. The van der Waals surface area contributed by atoms with Crippen LogP contribution in [0.1, 0.15) is 77.7 Å². The van der Waals surface area contributed by atoms with Gasteiger partial charge in [-0.3, -0.25) is 14.6 Å². The highest BCUT2D eigenvalue weighted by atomic mass is 16.6. The molecule has 1 N–H and O–H groups in total. The number of nitrogens with zero attached hydrogens (tertiary/aromatic N) is 2. The number of H-pyrrole nitrogens is 1. The number of hydrogen-bond donors (Lipinski definition) is 1. The Kier molecular flexibility index (Phi) is 8.19. The third kappa shape index (κ3) is 6.51. The first kappa shape index (κ1) is 23.7. The normalized spacial score (nSPS) is 16.4. The van der Waals surface area contributed by atoms with E-state index in [0.717, 1.165) is 37.8 Å². The molecule has 0 bridgehead atoms. The second-order valence-electron chi connectivity index (χ2n) is 8.53.